The number of aryl methyl sites for hydroxylation is 1. The molecule has 0 aliphatic heterocycles. The number of hydrogen-bond donors (Lipinski definition) is 0. The average Bonchev–Trinajstić information content (AvgIpc) is 2.58. The average molecular weight is 355 g/mol. The van der Waals surface area contributed by atoms with Gasteiger partial charge in [-0.05, 0) is 43.2 Å². The summed E-state index contributed by atoms with van der Waals surface area (Å²) in [4.78, 5) is 26.2. The molecule has 1 aromatic rings. The summed E-state index contributed by atoms with van der Waals surface area (Å²) >= 11 is 0. The molecule has 0 N–H and O–H groups in total. The Bertz CT molecular complexity index is 624. The summed E-state index contributed by atoms with van der Waals surface area (Å²) in [5.41, 5.74) is 0.661. The molecule has 0 saturated heterocycles. The quantitative estimate of drug-likeness (QED) is 0.662. The lowest BCUT2D eigenvalue weighted by Crippen LogP contribution is -2.61. The Balaban J connectivity index is 3.90. The van der Waals surface area contributed by atoms with Crippen molar-refractivity contribution in [1.82, 2.24) is 8.47 Å². The van der Waals surface area contributed by atoms with Crippen LogP contribution in [0.25, 0.3) is 0 Å². The van der Waals surface area contributed by atoms with Gasteiger partial charge in [-0.25, -0.2) is 4.79 Å². The third kappa shape index (κ3) is 3.20. The fourth-order valence-corrected chi connectivity index (χ4v) is 11.1. The first-order valence-corrected chi connectivity index (χ1v) is 14.3. The lowest BCUT2D eigenvalue weighted by molar-refractivity contribution is 0.801. The van der Waals surface area contributed by atoms with Crippen LogP contribution < -0.4 is 11.2 Å². The molecular weight excluding hydrogens is 320 g/mol. The highest BCUT2D eigenvalue weighted by Crippen LogP contribution is 2.23. The van der Waals surface area contributed by atoms with Crippen molar-refractivity contribution >= 4 is 16.5 Å². The van der Waals surface area contributed by atoms with Crippen LogP contribution in [0.4, 0.5) is 0 Å². The van der Waals surface area contributed by atoms with Gasteiger partial charge in [-0.1, -0.05) is 41.5 Å². The monoisotopic (exact) mass is 354 g/mol. The second-order valence-corrected chi connectivity index (χ2v) is 16.7. The van der Waals surface area contributed by atoms with E-state index in [1.807, 2.05) is 17.4 Å². The molecule has 0 spiro atoms. The van der Waals surface area contributed by atoms with E-state index >= 15 is 0 Å². The molecule has 6 heteroatoms. The minimum atomic E-state index is -2.07. The predicted octanol–water partition coefficient (Wildman–Crippen LogP) is 4.03. The Morgan fingerprint density at radius 1 is 0.783 bits per heavy atom. The highest BCUT2D eigenvalue weighted by molar-refractivity contribution is 6.79. The molecule has 0 atom stereocenters. The van der Waals surface area contributed by atoms with Crippen molar-refractivity contribution in [3.63, 3.8) is 0 Å². The number of aromatic nitrogens is 2. The lowest BCUT2D eigenvalue weighted by atomic mass is 10.4. The van der Waals surface area contributed by atoms with Crippen molar-refractivity contribution in [2.24, 2.45) is 0 Å². The minimum absolute atomic E-state index is 0.0185. The lowest BCUT2D eigenvalue weighted by Gasteiger charge is -2.35. The largest absolute Gasteiger partial charge is 0.329 e. The van der Waals surface area contributed by atoms with E-state index in [9.17, 15) is 9.59 Å². The van der Waals surface area contributed by atoms with Crippen molar-refractivity contribution in [1.29, 1.82) is 0 Å². The van der Waals surface area contributed by atoms with E-state index in [2.05, 4.69) is 41.5 Å². The minimum Gasteiger partial charge on any atom is -0.329 e. The maximum Gasteiger partial charge on any atom is 0.314 e. The highest BCUT2D eigenvalue weighted by atomic mass is 28.3. The second kappa shape index (κ2) is 7.79. The molecule has 4 nitrogen and oxygen atoms in total. The second-order valence-electron chi connectivity index (χ2n) is 6.68. The zero-order valence-corrected chi connectivity index (χ0v) is 18.0. The topological polar surface area (TPSA) is 44.0 Å². The Morgan fingerprint density at radius 2 is 1.17 bits per heavy atom. The summed E-state index contributed by atoms with van der Waals surface area (Å²) in [6.07, 6.45) is 1.87. The van der Waals surface area contributed by atoms with Crippen molar-refractivity contribution in [3.05, 3.63) is 32.6 Å². The molecular formula is C17H34N2O2Si2. The molecule has 0 fully saturated rings. The van der Waals surface area contributed by atoms with Crippen LogP contribution in [0, 0.1) is 6.92 Å². The van der Waals surface area contributed by atoms with E-state index in [1.54, 1.807) is 4.23 Å². The van der Waals surface area contributed by atoms with Crippen LogP contribution >= 0.6 is 0 Å². The smallest absolute Gasteiger partial charge is 0.314 e. The van der Waals surface area contributed by atoms with Crippen molar-refractivity contribution < 1.29 is 0 Å². The molecule has 0 bridgehead atoms. The maximum atomic E-state index is 13.4. The van der Waals surface area contributed by atoms with E-state index in [0.29, 0.717) is 0 Å². The van der Waals surface area contributed by atoms with Gasteiger partial charge < -0.3 is 4.23 Å². The predicted molar refractivity (Wildman–Crippen MR) is 105 cm³/mol. The van der Waals surface area contributed by atoms with Crippen molar-refractivity contribution in [3.8, 4) is 0 Å². The Hall–Kier alpha value is -0.886. The number of rotatable bonds is 8. The first-order valence-electron chi connectivity index (χ1n) is 9.19. The summed E-state index contributed by atoms with van der Waals surface area (Å²) in [5.74, 6) is 0. The SMILES string of the molecule is CC[Si](CC)(CC)n1cc(C)c(=O)n([Si](CC)(CC)CC)c1=O. The molecule has 0 aliphatic carbocycles. The molecule has 0 unspecified atom stereocenters. The zero-order chi connectivity index (χ0) is 17.8. The van der Waals surface area contributed by atoms with Crippen LogP contribution in [0.5, 0.6) is 0 Å². The molecule has 0 radical (unpaired) electrons. The third-order valence-electron chi connectivity index (χ3n) is 6.19. The van der Waals surface area contributed by atoms with E-state index < -0.39 is 16.5 Å². The van der Waals surface area contributed by atoms with Crippen molar-refractivity contribution in [2.45, 2.75) is 84.7 Å². The molecule has 1 rings (SSSR count). The number of hydrogen-bond acceptors (Lipinski definition) is 2. The van der Waals surface area contributed by atoms with Gasteiger partial charge in [0.2, 0.25) is 0 Å². The summed E-state index contributed by atoms with van der Waals surface area (Å²) in [6.45, 7) is 14.9. The normalized spacial score (nSPS) is 12.7. The molecule has 0 amide bonds. The fraction of sp³-hybridized carbons (Fsp3) is 0.765. The van der Waals surface area contributed by atoms with E-state index in [0.717, 1.165) is 41.8 Å². The van der Waals surface area contributed by atoms with Gasteiger partial charge in [0.25, 0.3) is 5.56 Å². The summed E-state index contributed by atoms with van der Waals surface area (Å²) in [5, 5.41) is 0. The van der Waals surface area contributed by atoms with E-state index in [1.165, 1.54) is 0 Å². The van der Waals surface area contributed by atoms with E-state index in [4.69, 9.17) is 0 Å². The third-order valence-corrected chi connectivity index (χ3v) is 16.8. The Morgan fingerprint density at radius 3 is 1.52 bits per heavy atom. The van der Waals surface area contributed by atoms with Crippen LogP contribution in [-0.4, -0.2) is 24.9 Å². The van der Waals surface area contributed by atoms with Gasteiger partial charge in [-0.2, -0.15) is 0 Å². The van der Waals surface area contributed by atoms with Gasteiger partial charge >= 0.3 is 5.69 Å². The molecule has 23 heavy (non-hydrogen) atoms. The summed E-state index contributed by atoms with van der Waals surface area (Å²) in [6, 6.07) is 5.94. The van der Waals surface area contributed by atoms with Gasteiger partial charge in [0.05, 0.1) is 0 Å². The first-order chi connectivity index (χ1) is 10.8. The van der Waals surface area contributed by atoms with Gasteiger partial charge in [0.1, 0.15) is 0 Å². The van der Waals surface area contributed by atoms with Crippen LogP contribution in [0.1, 0.15) is 47.1 Å². The first kappa shape index (κ1) is 20.2. The van der Waals surface area contributed by atoms with Gasteiger partial charge in [0.15, 0.2) is 16.5 Å². The van der Waals surface area contributed by atoms with Crippen LogP contribution in [0.2, 0.25) is 36.3 Å². The van der Waals surface area contributed by atoms with Gasteiger partial charge in [-0.3, -0.25) is 9.03 Å². The standard InChI is InChI=1S/C17H34N2O2Si2/c1-8-22(9-2,10-3)18-14-15(7)16(20)19(17(18)21)23(11-4,12-5)13-6/h14H,8-13H2,1-7H3. The van der Waals surface area contributed by atoms with Crippen LogP contribution in [0.3, 0.4) is 0 Å². The summed E-state index contributed by atoms with van der Waals surface area (Å²) in [7, 11) is -3.94. The van der Waals surface area contributed by atoms with Gasteiger partial charge in [-0.15, -0.1) is 0 Å². The molecule has 0 aliphatic rings. The fourth-order valence-electron chi connectivity index (χ4n) is 3.92. The van der Waals surface area contributed by atoms with Crippen molar-refractivity contribution in [2.75, 3.05) is 0 Å². The molecule has 0 saturated carbocycles. The Kier molecular flexibility index (Phi) is 6.83. The molecule has 1 heterocycles. The summed E-state index contributed by atoms with van der Waals surface area (Å²) < 4.78 is 3.75. The zero-order valence-electron chi connectivity index (χ0n) is 16.0. The van der Waals surface area contributed by atoms with E-state index in [-0.39, 0.29) is 11.2 Å². The van der Waals surface area contributed by atoms with Crippen LogP contribution in [-0.2, 0) is 0 Å². The Labute approximate surface area is 142 Å². The molecule has 132 valence electrons. The van der Waals surface area contributed by atoms with Crippen LogP contribution in [0.15, 0.2) is 15.8 Å². The molecule has 0 aromatic carbocycles. The maximum absolute atomic E-state index is 13.4. The number of nitrogens with zero attached hydrogens (tertiary/aromatic N) is 2. The highest BCUT2D eigenvalue weighted by Gasteiger charge is 2.37. The van der Waals surface area contributed by atoms with Gasteiger partial charge in [0, 0.05) is 11.8 Å². The molecule has 1 aromatic heterocycles.